The summed E-state index contributed by atoms with van der Waals surface area (Å²) in [5, 5.41) is 1.01. The molecule has 0 aliphatic heterocycles. The Balaban J connectivity index is 1.67. The number of aromatic nitrogens is 2. The van der Waals surface area contributed by atoms with E-state index in [9.17, 15) is 4.79 Å². The normalized spacial score (nSPS) is 10.8. The molecule has 7 nitrogen and oxygen atoms in total. The molecule has 0 saturated carbocycles. The van der Waals surface area contributed by atoms with Gasteiger partial charge in [-0.25, -0.2) is 4.98 Å². The van der Waals surface area contributed by atoms with Gasteiger partial charge < -0.3 is 19.3 Å². The van der Waals surface area contributed by atoms with Crippen LogP contribution in [0.4, 0.5) is 17.5 Å². The highest BCUT2D eigenvalue weighted by Crippen LogP contribution is 2.31. The van der Waals surface area contributed by atoms with Crippen LogP contribution in [0.15, 0.2) is 48.5 Å². The first-order valence-corrected chi connectivity index (χ1v) is 11.5. The SMILES string of the molecule is COC(=O)CCCCCCCN(C)c1nc(N(C)c2ccc(OC)cc2)c2ccccc2n1. The lowest BCUT2D eigenvalue weighted by Gasteiger charge is -2.23. The highest BCUT2D eigenvalue weighted by molar-refractivity contribution is 5.92. The summed E-state index contributed by atoms with van der Waals surface area (Å²) in [7, 11) is 7.17. The van der Waals surface area contributed by atoms with Gasteiger partial charge in [-0.3, -0.25) is 4.79 Å². The molecule has 176 valence electrons. The molecule has 0 N–H and O–H groups in total. The minimum atomic E-state index is -0.126. The van der Waals surface area contributed by atoms with Crippen LogP contribution in [0.25, 0.3) is 10.9 Å². The lowest BCUT2D eigenvalue weighted by atomic mass is 10.1. The highest BCUT2D eigenvalue weighted by Gasteiger charge is 2.15. The molecule has 0 unspecified atom stereocenters. The molecule has 1 aromatic heterocycles. The monoisotopic (exact) mass is 450 g/mol. The third kappa shape index (κ3) is 6.57. The van der Waals surface area contributed by atoms with Crippen LogP contribution in [0.5, 0.6) is 5.75 Å². The minimum absolute atomic E-state index is 0.126. The predicted molar refractivity (Wildman–Crippen MR) is 134 cm³/mol. The first-order chi connectivity index (χ1) is 16.0. The Bertz CT molecular complexity index is 1040. The van der Waals surface area contributed by atoms with Crippen LogP contribution in [0.3, 0.4) is 0 Å². The van der Waals surface area contributed by atoms with E-state index < -0.39 is 0 Å². The second-order valence-corrected chi connectivity index (χ2v) is 8.14. The molecule has 0 fully saturated rings. The zero-order valence-corrected chi connectivity index (χ0v) is 20.1. The van der Waals surface area contributed by atoms with Gasteiger partial charge >= 0.3 is 5.97 Å². The number of rotatable bonds is 12. The summed E-state index contributed by atoms with van der Waals surface area (Å²) in [6, 6.07) is 16.1. The number of hydrogen-bond donors (Lipinski definition) is 0. The number of carbonyl (C=O) groups excluding carboxylic acids is 1. The Morgan fingerprint density at radius 3 is 2.30 bits per heavy atom. The van der Waals surface area contributed by atoms with Crippen molar-refractivity contribution in [2.24, 2.45) is 0 Å². The molecule has 2 aromatic carbocycles. The van der Waals surface area contributed by atoms with E-state index in [-0.39, 0.29) is 5.97 Å². The molecule has 0 atom stereocenters. The van der Waals surface area contributed by atoms with Gasteiger partial charge in [0, 0.05) is 38.1 Å². The molecule has 0 spiro atoms. The number of nitrogens with zero attached hydrogens (tertiary/aromatic N) is 4. The molecule has 0 aliphatic rings. The van der Waals surface area contributed by atoms with Gasteiger partial charge in [-0.2, -0.15) is 4.98 Å². The number of hydrogen-bond acceptors (Lipinski definition) is 7. The van der Waals surface area contributed by atoms with E-state index in [1.54, 1.807) is 7.11 Å². The summed E-state index contributed by atoms with van der Waals surface area (Å²) in [5.41, 5.74) is 1.95. The molecule has 3 rings (SSSR count). The lowest BCUT2D eigenvalue weighted by Crippen LogP contribution is -2.22. The number of benzene rings is 2. The number of unbranched alkanes of at least 4 members (excludes halogenated alkanes) is 4. The number of esters is 1. The molecule has 0 saturated heterocycles. The van der Waals surface area contributed by atoms with Crippen LogP contribution < -0.4 is 14.5 Å². The summed E-state index contributed by atoms with van der Waals surface area (Å²) in [4.78, 5) is 25.1. The first-order valence-electron chi connectivity index (χ1n) is 11.5. The third-order valence-electron chi connectivity index (χ3n) is 5.79. The van der Waals surface area contributed by atoms with E-state index in [4.69, 9.17) is 14.7 Å². The number of fused-ring (bicyclic) bond motifs is 1. The molecule has 7 heteroatoms. The van der Waals surface area contributed by atoms with Gasteiger partial charge in [0.1, 0.15) is 11.6 Å². The molecule has 0 bridgehead atoms. The van der Waals surface area contributed by atoms with Crippen LogP contribution in [-0.2, 0) is 9.53 Å². The fraction of sp³-hybridized carbons (Fsp3) is 0.423. The van der Waals surface area contributed by atoms with Crippen LogP contribution in [0.1, 0.15) is 38.5 Å². The second kappa shape index (κ2) is 12.0. The molecule has 3 aromatic rings. The quantitative estimate of drug-likeness (QED) is 0.272. The summed E-state index contributed by atoms with van der Waals surface area (Å²) < 4.78 is 9.97. The Kier molecular flexibility index (Phi) is 8.87. The van der Waals surface area contributed by atoms with Crippen molar-refractivity contribution < 1.29 is 14.3 Å². The lowest BCUT2D eigenvalue weighted by molar-refractivity contribution is -0.140. The van der Waals surface area contributed by atoms with Gasteiger partial charge in [-0.05, 0) is 49.2 Å². The Morgan fingerprint density at radius 2 is 1.58 bits per heavy atom. The number of para-hydroxylation sites is 1. The largest absolute Gasteiger partial charge is 0.497 e. The highest BCUT2D eigenvalue weighted by atomic mass is 16.5. The number of carbonyl (C=O) groups is 1. The maximum atomic E-state index is 11.2. The van der Waals surface area contributed by atoms with E-state index in [0.717, 1.165) is 72.8 Å². The summed E-state index contributed by atoms with van der Waals surface area (Å²) in [6.07, 6.45) is 5.70. The van der Waals surface area contributed by atoms with Gasteiger partial charge in [-0.15, -0.1) is 0 Å². The van der Waals surface area contributed by atoms with Gasteiger partial charge in [0.15, 0.2) is 0 Å². The van der Waals surface area contributed by atoms with Crippen molar-refractivity contribution in [1.82, 2.24) is 9.97 Å². The van der Waals surface area contributed by atoms with E-state index in [0.29, 0.717) is 6.42 Å². The molecule has 0 amide bonds. The second-order valence-electron chi connectivity index (χ2n) is 8.14. The fourth-order valence-corrected chi connectivity index (χ4v) is 3.75. The Hall–Kier alpha value is -3.35. The zero-order valence-electron chi connectivity index (χ0n) is 20.1. The molecule has 1 heterocycles. The van der Waals surface area contributed by atoms with Crippen molar-refractivity contribution in [3.05, 3.63) is 48.5 Å². The van der Waals surface area contributed by atoms with Gasteiger partial charge in [0.05, 0.1) is 19.7 Å². The van der Waals surface area contributed by atoms with E-state index in [1.165, 1.54) is 7.11 Å². The maximum Gasteiger partial charge on any atom is 0.305 e. The van der Waals surface area contributed by atoms with Gasteiger partial charge in [-0.1, -0.05) is 31.4 Å². The number of anilines is 3. The van der Waals surface area contributed by atoms with Crippen molar-refractivity contribution in [3.63, 3.8) is 0 Å². The van der Waals surface area contributed by atoms with E-state index in [2.05, 4.69) is 20.6 Å². The topological polar surface area (TPSA) is 67.8 Å². The number of ether oxygens (including phenoxy) is 2. The molecular formula is C26H34N4O3. The smallest absolute Gasteiger partial charge is 0.305 e. The zero-order chi connectivity index (χ0) is 23.6. The Labute approximate surface area is 196 Å². The third-order valence-corrected chi connectivity index (χ3v) is 5.79. The van der Waals surface area contributed by atoms with Crippen molar-refractivity contribution >= 4 is 34.3 Å². The number of methoxy groups -OCH3 is 2. The van der Waals surface area contributed by atoms with Crippen LogP contribution >= 0.6 is 0 Å². The van der Waals surface area contributed by atoms with Gasteiger partial charge in [0.25, 0.3) is 0 Å². The Morgan fingerprint density at radius 1 is 0.879 bits per heavy atom. The fourth-order valence-electron chi connectivity index (χ4n) is 3.75. The molecule has 33 heavy (non-hydrogen) atoms. The van der Waals surface area contributed by atoms with Crippen molar-refractivity contribution in [3.8, 4) is 5.75 Å². The summed E-state index contributed by atoms with van der Waals surface area (Å²) >= 11 is 0. The molecule has 0 aliphatic carbocycles. The average Bonchev–Trinajstić information content (AvgIpc) is 2.86. The maximum absolute atomic E-state index is 11.2. The predicted octanol–water partition coefficient (Wildman–Crippen LogP) is 5.36. The van der Waals surface area contributed by atoms with Crippen molar-refractivity contribution in [2.75, 3.05) is 44.7 Å². The molecule has 0 radical (unpaired) electrons. The van der Waals surface area contributed by atoms with Crippen molar-refractivity contribution in [2.45, 2.75) is 38.5 Å². The van der Waals surface area contributed by atoms with E-state index in [1.807, 2.05) is 56.6 Å². The molecular weight excluding hydrogens is 416 g/mol. The minimum Gasteiger partial charge on any atom is -0.497 e. The summed E-state index contributed by atoms with van der Waals surface area (Å²) in [6.45, 7) is 0.876. The standard InChI is InChI=1S/C26H34N4O3/c1-29(19-11-7-5-6-8-14-24(31)33-4)26-27-23-13-10-9-12-22(23)25(28-26)30(2)20-15-17-21(32-3)18-16-20/h9-10,12-13,15-18H,5-8,11,14,19H2,1-4H3. The van der Waals surface area contributed by atoms with Crippen molar-refractivity contribution in [1.29, 1.82) is 0 Å². The van der Waals surface area contributed by atoms with E-state index >= 15 is 0 Å². The van der Waals surface area contributed by atoms with Crippen LogP contribution in [0, 0.1) is 0 Å². The average molecular weight is 451 g/mol. The van der Waals surface area contributed by atoms with Gasteiger partial charge in [0.2, 0.25) is 5.95 Å². The van der Waals surface area contributed by atoms with Crippen LogP contribution in [0.2, 0.25) is 0 Å². The van der Waals surface area contributed by atoms with Crippen LogP contribution in [-0.4, -0.2) is 50.8 Å². The first kappa shape index (κ1) is 24.3. The summed E-state index contributed by atoms with van der Waals surface area (Å²) in [5.74, 6) is 2.29.